The number of hydrogen-bond acceptors (Lipinski definition) is 4. The fourth-order valence-corrected chi connectivity index (χ4v) is 2.40. The maximum absolute atomic E-state index is 12.6. The van der Waals surface area contributed by atoms with Gasteiger partial charge in [-0.05, 0) is 19.1 Å². The monoisotopic (exact) mass is 284 g/mol. The number of aromatic nitrogens is 4. The number of ketones is 1. The predicted octanol–water partition coefficient (Wildman–Crippen LogP) is 2.14. The second-order valence-electron chi connectivity index (χ2n) is 4.66. The number of fused-ring (bicyclic) bond motifs is 1. The fourth-order valence-electron chi connectivity index (χ4n) is 2.40. The molecule has 108 valence electrons. The highest BCUT2D eigenvalue weighted by atomic mass is 16.5. The molecule has 6 heteroatoms. The Kier molecular flexibility index (Phi) is 3.43. The van der Waals surface area contributed by atoms with E-state index in [0.29, 0.717) is 18.0 Å². The molecular weight excluding hydrogens is 268 g/mol. The van der Waals surface area contributed by atoms with E-state index in [0.717, 1.165) is 11.0 Å². The van der Waals surface area contributed by atoms with Crippen LogP contribution in [-0.4, -0.2) is 32.2 Å². The minimum atomic E-state index is -0.0469. The number of Topliss-reactive ketones (excluding diaryl/α,β-unsaturated/α-hetero) is 1. The first-order chi connectivity index (χ1) is 10.2. The Labute approximate surface area is 122 Å². The van der Waals surface area contributed by atoms with Crippen molar-refractivity contribution < 1.29 is 9.53 Å². The zero-order valence-corrected chi connectivity index (χ0v) is 12.0. The van der Waals surface area contributed by atoms with E-state index >= 15 is 0 Å². The summed E-state index contributed by atoms with van der Waals surface area (Å²) in [5.74, 6) is 0.459. The third-order valence-corrected chi connectivity index (χ3v) is 3.43. The molecule has 3 aromatic rings. The molecule has 0 radical (unpaired) electrons. The van der Waals surface area contributed by atoms with Gasteiger partial charge in [-0.25, -0.2) is 4.98 Å². The Morgan fingerprint density at radius 2 is 2.14 bits per heavy atom. The summed E-state index contributed by atoms with van der Waals surface area (Å²) in [7, 11) is 1.54. The van der Waals surface area contributed by atoms with Crippen molar-refractivity contribution in [1.29, 1.82) is 0 Å². The topological polar surface area (TPSA) is 61.9 Å². The molecule has 0 bridgehead atoms. The minimum absolute atomic E-state index is 0.0469. The fraction of sp³-hybridized carbons (Fsp3) is 0.267. The van der Waals surface area contributed by atoms with Crippen molar-refractivity contribution in [3.8, 4) is 5.75 Å². The van der Waals surface area contributed by atoms with Crippen molar-refractivity contribution in [3.05, 3.63) is 42.5 Å². The SMILES string of the molecule is CCn1ncc(OC)c1C(=O)Cn1cnc2ccccc21. The van der Waals surface area contributed by atoms with E-state index in [4.69, 9.17) is 4.74 Å². The van der Waals surface area contributed by atoms with Crippen LogP contribution in [0.5, 0.6) is 5.75 Å². The normalized spacial score (nSPS) is 11.0. The number of methoxy groups -OCH3 is 1. The first-order valence-corrected chi connectivity index (χ1v) is 6.77. The van der Waals surface area contributed by atoms with E-state index in [1.165, 1.54) is 0 Å². The second-order valence-corrected chi connectivity index (χ2v) is 4.66. The van der Waals surface area contributed by atoms with E-state index in [1.54, 1.807) is 24.3 Å². The Morgan fingerprint density at radius 3 is 2.90 bits per heavy atom. The lowest BCUT2D eigenvalue weighted by atomic mass is 10.2. The standard InChI is InChI=1S/C15H16N4O2/c1-3-19-15(14(21-2)8-17-19)13(20)9-18-10-16-11-6-4-5-7-12(11)18/h4-8,10H,3,9H2,1-2H3. The molecule has 0 fully saturated rings. The molecule has 1 aromatic carbocycles. The van der Waals surface area contributed by atoms with E-state index in [1.807, 2.05) is 35.8 Å². The van der Waals surface area contributed by atoms with Gasteiger partial charge in [-0.1, -0.05) is 12.1 Å². The van der Waals surface area contributed by atoms with Gasteiger partial charge in [0.05, 0.1) is 37.2 Å². The summed E-state index contributed by atoms with van der Waals surface area (Å²) in [6.07, 6.45) is 3.25. The van der Waals surface area contributed by atoms with Gasteiger partial charge in [0.1, 0.15) is 5.69 Å². The molecule has 0 spiro atoms. The van der Waals surface area contributed by atoms with Crippen molar-refractivity contribution in [3.63, 3.8) is 0 Å². The number of ether oxygens (including phenoxy) is 1. The summed E-state index contributed by atoms with van der Waals surface area (Å²) in [5, 5.41) is 4.16. The van der Waals surface area contributed by atoms with Gasteiger partial charge in [0.15, 0.2) is 5.75 Å². The molecule has 0 aliphatic heterocycles. The number of aryl methyl sites for hydroxylation is 1. The van der Waals surface area contributed by atoms with Crippen LogP contribution in [0.4, 0.5) is 0 Å². The average molecular weight is 284 g/mol. The molecule has 6 nitrogen and oxygen atoms in total. The van der Waals surface area contributed by atoms with Crippen molar-refractivity contribution in [2.75, 3.05) is 7.11 Å². The van der Waals surface area contributed by atoms with Crippen LogP contribution in [0.1, 0.15) is 17.4 Å². The molecule has 0 amide bonds. The number of rotatable bonds is 5. The zero-order valence-electron chi connectivity index (χ0n) is 12.0. The summed E-state index contributed by atoms with van der Waals surface area (Å²) in [5.41, 5.74) is 2.31. The van der Waals surface area contributed by atoms with Crippen molar-refractivity contribution >= 4 is 16.8 Å². The molecule has 3 rings (SSSR count). The lowest BCUT2D eigenvalue weighted by Crippen LogP contribution is -2.16. The van der Waals surface area contributed by atoms with Gasteiger partial charge < -0.3 is 9.30 Å². The largest absolute Gasteiger partial charge is 0.493 e. The molecule has 0 aliphatic carbocycles. The Balaban J connectivity index is 1.95. The Hall–Kier alpha value is -2.63. The van der Waals surface area contributed by atoms with Crippen molar-refractivity contribution in [2.24, 2.45) is 0 Å². The summed E-state index contributed by atoms with van der Waals surface area (Å²) in [6, 6.07) is 7.73. The molecule has 0 unspecified atom stereocenters. The van der Waals surface area contributed by atoms with E-state index in [2.05, 4.69) is 10.1 Å². The Bertz CT molecular complexity index is 766. The number of benzene rings is 1. The maximum Gasteiger partial charge on any atom is 0.204 e. The highest BCUT2D eigenvalue weighted by molar-refractivity contribution is 5.97. The summed E-state index contributed by atoms with van der Waals surface area (Å²) in [6.45, 7) is 2.77. The lowest BCUT2D eigenvalue weighted by Gasteiger charge is -2.07. The molecule has 2 heterocycles. The summed E-state index contributed by atoms with van der Waals surface area (Å²) >= 11 is 0. The van der Waals surface area contributed by atoms with Crippen LogP contribution in [0, 0.1) is 0 Å². The van der Waals surface area contributed by atoms with Gasteiger partial charge >= 0.3 is 0 Å². The first kappa shape index (κ1) is 13.4. The predicted molar refractivity (Wildman–Crippen MR) is 78.5 cm³/mol. The number of hydrogen-bond donors (Lipinski definition) is 0. The number of carbonyl (C=O) groups is 1. The van der Waals surface area contributed by atoms with Gasteiger partial charge in [0.2, 0.25) is 5.78 Å². The summed E-state index contributed by atoms with van der Waals surface area (Å²) < 4.78 is 8.72. The second kappa shape index (κ2) is 5.40. The molecular formula is C15H16N4O2. The third-order valence-electron chi connectivity index (χ3n) is 3.43. The molecule has 0 saturated carbocycles. The molecule has 2 aromatic heterocycles. The number of imidazole rings is 1. The van der Waals surface area contributed by atoms with Gasteiger partial charge in [-0.2, -0.15) is 5.10 Å². The van der Waals surface area contributed by atoms with Crippen LogP contribution < -0.4 is 4.74 Å². The number of para-hydroxylation sites is 2. The number of nitrogens with zero attached hydrogens (tertiary/aromatic N) is 4. The molecule has 0 saturated heterocycles. The molecule has 0 atom stereocenters. The van der Waals surface area contributed by atoms with E-state index < -0.39 is 0 Å². The zero-order chi connectivity index (χ0) is 14.8. The molecule has 0 N–H and O–H groups in total. The van der Waals surface area contributed by atoms with E-state index in [9.17, 15) is 4.79 Å². The van der Waals surface area contributed by atoms with Gasteiger partial charge in [-0.15, -0.1) is 0 Å². The van der Waals surface area contributed by atoms with Crippen molar-refractivity contribution in [1.82, 2.24) is 19.3 Å². The van der Waals surface area contributed by atoms with Crippen molar-refractivity contribution in [2.45, 2.75) is 20.0 Å². The van der Waals surface area contributed by atoms with Crippen LogP contribution in [-0.2, 0) is 13.1 Å². The van der Waals surface area contributed by atoms with Gasteiger partial charge in [-0.3, -0.25) is 9.48 Å². The van der Waals surface area contributed by atoms with Crippen LogP contribution >= 0.6 is 0 Å². The smallest absolute Gasteiger partial charge is 0.204 e. The first-order valence-electron chi connectivity index (χ1n) is 6.77. The summed E-state index contributed by atoms with van der Waals surface area (Å²) in [4.78, 5) is 16.9. The van der Waals surface area contributed by atoms with Gasteiger partial charge in [0, 0.05) is 6.54 Å². The maximum atomic E-state index is 12.6. The van der Waals surface area contributed by atoms with Crippen LogP contribution in [0.15, 0.2) is 36.8 Å². The highest BCUT2D eigenvalue weighted by Crippen LogP contribution is 2.20. The van der Waals surface area contributed by atoms with E-state index in [-0.39, 0.29) is 12.3 Å². The molecule has 0 aliphatic rings. The van der Waals surface area contributed by atoms with Crippen LogP contribution in [0.25, 0.3) is 11.0 Å². The quantitative estimate of drug-likeness (QED) is 0.673. The average Bonchev–Trinajstić information content (AvgIpc) is 3.11. The molecule has 21 heavy (non-hydrogen) atoms. The highest BCUT2D eigenvalue weighted by Gasteiger charge is 2.19. The lowest BCUT2D eigenvalue weighted by molar-refractivity contribution is 0.0960. The van der Waals surface area contributed by atoms with Crippen LogP contribution in [0.3, 0.4) is 0 Å². The minimum Gasteiger partial charge on any atom is -0.493 e. The third kappa shape index (κ3) is 2.29. The van der Waals surface area contributed by atoms with Crippen LogP contribution in [0.2, 0.25) is 0 Å². The Morgan fingerprint density at radius 1 is 1.33 bits per heavy atom. The van der Waals surface area contributed by atoms with Gasteiger partial charge in [0.25, 0.3) is 0 Å². The number of carbonyl (C=O) groups excluding carboxylic acids is 1.